The Kier molecular flexibility index (Phi) is 18.2. The van der Waals surface area contributed by atoms with Crippen LogP contribution < -0.4 is 0 Å². The van der Waals surface area contributed by atoms with Crippen molar-refractivity contribution in [3.05, 3.63) is 411 Å². The first-order valence-corrected chi connectivity index (χ1v) is 40.8. The zero-order chi connectivity index (χ0) is 78.1. The Hall–Kier alpha value is -14.2. The van der Waals surface area contributed by atoms with Crippen LogP contribution in [0.3, 0.4) is 0 Å². The molecule has 21 aromatic rings. The number of nitrogens with zero attached hydrogens (tertiary/aromatic N) is 2. The smallest absolute Gasteiger partial charge is 0.0491 e. The van der Waals surface area contributed by atoms with Crippen LogP contribution in [0.2, 0.25) is 0 Å². The lowest BCUT2D eigenvalue weighted by Gasteiger charge is -2.19. The summed E-state index contributed by atoms with van der Waals surface area (Å²) in [5, 5.41) is 15.5. The molecule has 2 nitrogen and oxygen atoms in total. The van der Waals surface area contributed by atoms with Gasteiger partial charge in [-0.3, -0.25) is 0 Å². The molecule has 21 rings (SSSR count). The first-order valence-electron chi connectivity index (χ1n) is 40.8. The van der Waals surface area contributed by atoms with Crippen molar-refractivity contribution in [1.29, 1.82) is 0 Å². The van der Waals surface area contributed by atoms with Crippen molar-refractivity contribution in [3.8, 4) is 122 Å². The van der Waals surface area contributed by atoms with Crippen LogP contribution in [-0.2, 0) is 13.1 Å². The Bertz CT molecular complexity index is 7330. The van der Waals surface area contributed by atoms with Crippen molar-refractivity contribution in [3.63, 3.8) is 0 Å². The van der Waals surface area contributed by atoms with Gasteiger partial charge >= 0.3 is 0 Å². The lowest BCUT2D eigenvalue weighted by molar-refractivity contribution is 0.827. The van der Waals surface area contributed by atoms with Crippen LogP contribution in [0.4, 0.5) is 0 Å². The molecule has 0 atom stereocenters. The number of benzene rings is 19. The predicted octanol–water partition coefficient (Wildman–Crippen LogP) is 31.8. The monoisotopic (exact) mass is 1480 g/mol. The van der Waals surface area contributed by atoms with E-state index in [1.807, 2.05) is 0 Å². The molecule has 0 N–H and O–H groups in total. The summed E-state index contributed by atoms with van der Waals surface area (Å²) >= 11 is 0. The van der Waals surface area contributed by atoms with E-state index in [4.69, 9.17) is 0 Å². The molecule has 0 aliphatic carbocycles. The minimum Gasteiger partial charge on any atom is -0.341 e. The summed E-state index contributed by atoms with van der Waals surface area (Å²) in [6.07, 6.45) is 0. The van der Waals surface area contributed by atoms with E-state index < -0.39 is 0 Å². The maximum Gasteiger partial charge on any atom is 0.0491 e. The summed E-state index contributed by atoms with van der Waals surface area (Å²) in [6.45, 7) is 15.2. The van der Waals surface area contributed by atoms with Crippen molar-refractivity contribution in [2.45, 2.75) is 54.6 Å². The molecular formula is C114H86N2. The van der Waals surface area contributed by atoms with Crippen LogP contribution in [0.1, 0.15) is 36.1 Å². The molecule has 0 unspecified atom stereocenters. The second kappa shape index (κ2) is 29.7. The third kappa shape index (κ3) is 12.8. The number of hydrogen-bond acceptors (Lipinski definition) is 0. The topological polar surface area (TPSA) is 9.86 Å². The first-order chi connectivity index (χ1) is 57.0. The molecule has 0 aliphatic rings. The minimum atomic E-state index is 0.953. The minimum absolute atomic E-state index is 0.953. The summed E-state index contributed by atoms with van der Waals surface area (Å²) in [4.78, 5) is 0. The standard InChI is InChI=1S/C60H45N.C54H41N/c1-4-61-57-13-9-8-12-51(57)54-38-50(32-35-58(54)61)47-22-20-44(21-23-47)46-26-30-49(31-27-46)60-53-34-15-39(2)36-55(53)59(52-33-14-40(3)37-56(52)60)48-28-24-45(25-29-48)43-18-16-42(17-19-43)41-10-6-5-7-11-41;1-4-55-51-13-9-8-12-45(51)48-34-44(28-31-52(48)55)41-18-16-39(17-19-41)40-22-26-43(27-23-40)54-47-30-15-35(2)32-49(47)53(46-29-14-36(3)33-50(46)54)42-24-20-38(21-25-42)37-10-6-5-7-11-37/h5-38H,4H2,1-3H3;5-34H,4H2,1-3H3. The van der Waals surface area contributed by atoms with Crippen LogP contribution in [0.25, 0.3) is 209 Å². The number of aromatic nitrogens is 2. The van der Waals surface area contributed by atoms with Gasteiger partial charge in [-0.05, 0) is 243 Å². The Labute approximate surface area is 678 Å². The number of para-hydroxylation sites is 2. The molecule has 2 aromatic heterocycles. The van der Waals surface area contributed by atoms with Crippen LogP contribution >= 0.6 is 0 Å². The first kappa shape index (κ1) is 70.9. The van der Waals surface area contributed by atoms with Crippen molar-refractivity contribution < 1.29 is 0 Å². The maximum atomic E-state index is 2.41. The second-order valence-electron chi connectivity index (χ2n) is 31.5. The van der Waals surface area contributed by atoms with Crippen LogP contribution in [0.5, 0.6) is 0 Å². The van der Waals surface area contributed by atoms with Gasteiger partial charge in [0, 0.05) is 56.7 Å². The zero-order valence-corrected chi connectivity index (χ0v) is 66.3. The van der Waals surface area contributed by atoms with Gasteiger partial charge in [-0.1, -0.05) is 374 Å². The summed E-state index contributed by atoms with van der Waals surface area (Å²) in [5.74, 6) is 0. The second-order valence-corrected chi connectivity index (χ2v) is 31.5. The van der Waals surface area contributed by atoms with E-state index in [1.165, 1.54) is 231 Å². The van der Waals surface area contributed by atoms with Crippen molar-refractivity contribution in [1.82, 2.24) is 9.13 Å². The summed E-state index contributed by atoms with van der Waals surface area (Å²) in [6, 6.07) is 144. The lowest BCUT2D eigenvalue weighted by atomic mass is 9.84. The molecule has 0 saturated carbocycles. The van der Waals surface area contributed by atoms with Crippen LogP contribution in [0, 0.1) is 27.7 Å². The van der Waals surface area contributed by atoms with Crippen LogP contribution in [0.15, 0.2) is 388 Å². The van der Waals surface area contributed by atoms with E-state index in [1.54, 1.807) is 0 Å². The molecule has 0 aliphatic heterocycles. The average molecular weight is 1480 g/mol. The van der Waals surface area contributed by atoms with E-state index in [9.17, 15) is 0 Å². The molecule has 116 heavy (non-hydrogen) atoms. The molecule has 0 amide bonds. The SMILES string of the molecule is CCn1c2ccccc2c2cc(-c3ccc(-c4ccc(-c5c6ccc(C)cc6c(-c6ccc(-c7ccc(-c8ccccc8)cc7)cc6)c6ccc(C)cc56)cc4)cc3)ccc21.CCn1c2ccccc2c2cc(-c3ccc(-c4ccc(-c5c6ccc(C)cc6c(-c6ccc(-c7ccccc7)cc6)c6ccc(C)cc56)cc4)cc3)ccc21. The van der Waals surface area contributed by atoms with Gasteiger partial charge in [0.25, 0.3) is 0 Å². The summed E-state index contributed by atoms with van der Waals surface area (Å²) in [5.41, 5.74) is 37.5. The van der Waals surface area contributed by atoms with Gasteiger partial charge in [0.05, 0.1) is 0 Å². The molecule has 0 saturated heterocycles. The quantitative estimate of drug-likeness (QED) is 0.102. The van der Waals surface area contributed by atoms with Gasteiger partial charge in [-0.25, -0.2) is 0 Å². The number of aryl methyl sites for hydroxylation is 6. The molecule has 0 fully saturated rings. The van der Waals surface area contributed by atoms with Crippen LogP contribution in [-0.4, -0.2) is 9.13 Å². The molecule has 0 bridgehead atoms. The Morgan fingerprint density at radius 2 is 0.345 bits per heavy atom. The van der Waals surface area contributed by atoms with Gasteiger partial charge in [0.15, 0.2) is 0 Å². The highest BCUT2D eigenvalue weighted by Gasteiger charge is 2.22. The van der Waals surface area contributed by atoms with Gasteiger partial charge < -0.3 is 9.13 Å². The highest BCUT2D eigenvalue weighted by atomic mass is 15.0. The van der Waals surface area contributed by atoms with Gasteiger partial charge in [0.2, 0.25) is 0 Å². The maximum absolute atomic E-state index is 2.41. The van der Waals surface area contributed by atoms with Crippen molar-refractivity contribution >= 4 is 86.7 Å². The molecule has 0 radical (unpaired) electrons. The van der Waals surface area contributed by atoms with Gasteiger partial charge in [-0.15, -0.1) is 0 Å². The van der Waals surface area contributed by atoms with Crippen molar-refractivity contribution in [2.24, 2.45) is 0 Å². The normalized spacial score (nSPS) is 11.6. The summed E-state index contributed by atoms with van der Waals surface area (Å²) < 4.78 is 4.82. The highest BCUT2D eigenvalue weighted by Crippen LogP contribution is 2.48. The van der Waals surface area contributed by atoms with Gasteiger partial charge in [-0.2, -0.15) is 0 Å². The third-order valence-electron chi connectivity index (χ3n) is 24.3. The van der Waals surface area contributed by atoms with E-state index >= 15 is 0 Å². The average Bonchev–Trinajstić information content (AvgIpc) is 0.802. The Morgan fingerprint density at radius 1 is 0.147 bits per heavy atom. The lowest BCUT2D eigenvalue weighted by Crippen LogP contribution is -1.92. The molecule has 19 aromatic carbocycles. The molecule has 2 heterocycles. The number of hydrogen-bond donors (Lipinski definition) is 0. The Balaban J connectivity index is 0.000000150. The van der Waals surface area contributed by atoms with Crippen molar-refractivity contribution in [2.75, 3.05) is 0 Å². The molecule has 552 valence electrons. The fourth-order valence-electron chi connectivity index (χ4n) is 18.4. The van der Waals surface area contributed by atoms with E-state index in [0.29, 0.717) is 0 Å². The van der Waals surface area contributed by atoms with E-state index in [-0.39, 0.29) is 0 Å². The third-order valence-corrected chi connectivity index (χ3v) is 24.3. The largest absolute Gasteiger partial charge is 0.341 e. The summed E-state index contributed by atoms with van der Waals surface area (Å²) in [7, 11) is 0. The fraction of sp³-hybridized carbons (Fsp3) is 0.0702. The fourth-order valence-corrected chi connectivity index (χ4v) is 18.4. The van der Waals surface area contributed by atoms with Gasteiger partial charge in [0.1, 0.15) is 0 Å². The zero-order valence-electron chi connectivity index (χ0n) is 66.3. The molecule has 0 spiro atoms. The number of fused-ring (bicyclic) bond motifs is 10. The number of rotatable bonds is 13. The highest BCUT2D eigenvalue weighted by molar-refractivity contribution is 6.23. The van der Waals surface area contributed by atoms with E-state index in [2.05, 4.69) is 439 Å². The molecular weight excluding hydrogens is 1400 g/mol. The molecule has 2 heteroatoms. The van der Waals surface area contributed by atoms with E-state index in [0.717, 1.165) is 13.1 Å². The predicted molar refractivity (Wildman–Crippen MR) is 499 cm³/mol. The Morgan fingerprint density at radius 3 is 0.595 bits per heavy atom.